The Morgan fingerprint density at radius 2 is 1.28 bits per heavy atom. The van der Waals surface area contributed by atoms with Crippen LogP contribution in [0.2, 0.25) is 0 Å². The van der Waals surface area contributed by atoms with Gasteiger partial charge in [-0.05, 0) is 32.1 Å². The highest BCUT2D eigenvalue weighted by atomic mass is 127. The van der Waals surface area contributed by atoms with Gasteiger partial charge in [-0.2, -0.15) is 0 Å². The third kappa shape index (κ3) is 15.9. The number of ether oxygens (including phenoxy) is 5. The number of aliphatic hydroxyl groups is 7. The van der Waals surface area contributed by atoms with Crippen LogP contribution in [0, 0.1) is 0 Å². The molecule has 0 aliphatic carbocycles. The number of alkyl halides is 1. The van der Waals surface area contributed by atoms with Crippen molar-refractivity contribution in [2.24, 2.45) is 0 Å². The van der Waals surface area contributed by atoms with Crippen LogP contribution < -0.4 is 0 Å². The number of aliphatic hydroxyl groups excluding tert-OH is 7. The van der Waals surface area contributed by atoms with Crippen LogP contribution in [0.5, 0.6) is 0 Å². The Kier molecular flexibility index (Phi) is 22.3. The van der Waals surface area contributed by atoms with E-state index in [1.807, 2.05) is 22.6 Å². The minimum absolute atomic E-state index is 0.246. The molecule has 14 heteroatoms. The molecule has 2 heterocycles. The van der Waals surface area contributed by atoms with E-state index >= 15 is 0 Å². The first-order chi connectivity index (χ1) is 22.6. The predicted molar refractivity (Wildman–Crippen MR) is 181 cm³/mol. The second-order valence-corrected chi connectivity index (χ2v) is 13.9. The van der Waals surface area contributed by atoms with E-state index < -0.39 is 91.1 Å². The maximum atomic E-state index is 12.1. The molecule has 7 N–H and O–H groups in total. The monoisotopic (exact) mass is 790 g/mol. The van der Waals surface area contributed by atoms with E-state index in [-0.39, 0.29) is 13.0 Å². The fourth-order valence-corrected chi connectivity index (χ4v) is 6.24. The highest BCUT2D eigenvalue weighted by Gasteiger charge is 2.47. The predicted octanol–water partition coefficient (Wildman–Crippen LogP) is 2.01. The number of hydrogen-bond donors (Lipinski definition) is 7. The number of rotatable bonds is 24. The Bertz CT molecular complexity index is 849. The molecule has 0 aromatic heterocycles. The summed E-state index contributed by atoms with van der Waals surface area (Å²) in [4.78, 5) is 12.1. The fraction of sp³-hybridized carbons (Fsp3) is 0.909. The van der Waals surface area contributed by atoms with E-state index in [4.69, 9.17) is 23.7 Å². The van der Waals surface area contributed by atoms with Crippen molar-refractivity contribution in [3.63, 3.8) is 0 Å². The lowest BCUT2D eigenvalue weighted by Crippen LogP contribution is -2.61. The van der Waals surface area contributed by atoms with Crippen LogP contribution in [0.1, 0.15) is 96.8 Å². The summed E-state index contributed by atoms with van der Waals surface area (Å²) in [6.07, 6.45) is 6.17. The molecular formula is C33H59IO13. The van der Waals surface area contributed by atoms with E-state index in [1.165, 1.54) is 38.5 Å². The van der Waals surface area contributed by atoms with Crippen LogP contribution in [0.15, 0.2) is 12.2 Å². The summed E-state index contributed by atoms with van der Waals surface area (Å²) < 4.78 is 26.5. The molecule has 0 aromatic carbocycles. The zero-order valence-corrected chi connectivity index (χ0v) is 29.8. The molecule has 0 bridgehead atoms. The van der Waals surface area contributed by atoms with Gasteiger partial charge in [0, 0.05) is 6.42 Å². The van der Waals surface area contributed by atoms with Crippen molar-refractivity contribution in [3.05, 3.63) is 12.2 Å². The number of allylic oxidation sites excluding steroid dienone is 2. The lowest BCUT2D eigenvalue weighted by atomic mass is 9.99. The number of carbonyl (C=O) groups excluding carboxylic acids is 1. The van der Waals surface area contributed by atoms with Crippen molar-refractivity contribution in [3.8, 4) is 0 Å². The first kappa shape index (κ1) is 42.7. The molecule has 2 rings (SSSR count). The van der Waals surface area contributed by atoms with E-state index in [0.29, 0.717) is 6.42 Å². The lowest BCUT2D eigenvalue weighted by Gasteiger charge is -2.42. The topological polar surface area (TPSA) is 205 Å². The Balaban J connectivity index is 1.57. The third-order valence-electron chi connectivity index (χ3n) is 8.42. The van der Waals surface area contributed by atoms with Gasteiger partial charge in [-0.25, -0.2) is 0 Å². The van der Waals surface area contributed by atoms with Crippen molar-refractivity contribution in [1.82, 2.24) is 0 Å². The maximum absolute atomic E-state index is 12.1. The highest BCUT2D eigenvalue weighted by Crippen LogP contribution is 2.29. The minimum atomic E-state index is -1.68. The maximum Gasteiger partial charge on any atom is 0.305 e. The Morgan fingerprint density at radius 3 is 1.91 bits per heavy atom. The number of halogens is 1. The second-order valence-electron chi connectivity index (χ2n) is 12.5. The zero-order chi connectivity index (χ0) is 34.6. The van der Waals surface area contributed by atoms with Gasteiger partial charge in [0.25, 0.3) is 0 Å². The van der Waals surface area contributed by atoms with Crippen molar-refractivity contribution >= 4 is 28.6 Å². The Labute approximate surface area is 292 Å². The van der Waals surface area contributed by atoms with Gasteiger partial charge in [0.15, 0.2) is 12.6 Å². The summed E-state index contributed by atoms with van der Waals surface area (Å²) in [5, 5.41) is 71.2. The van der Waals surface area contributed by atoms with Crippen LogP contribution in [-0.2, 0) is 28.5 Å². The van der Waals surface area contributed by atoms with Crippen molar-refractivity contribution < 1.29 is 64.2 Å². The molecule has 2 aliphatic heterocycles. The molecule has 2 aliphatic rings. The van der Waals surface area contributed by atoms with E-state index in [2.05, 4.69) is 19.1 Å². The number of esters is 1. The van der Waals surface area contributed by atoms with Gasteiger partial charge in [0.2, 0.25) is 0 Å². The number of unbranched alkanes of at least 4 members (excludes halogenated alkanes) is 11. The summed E-state index contributed by atoms with van der Waals surface area (Å²) in [5.74, 6) is -0.430. The van der Waals surface area contributed by atoms with Crippen LogP contribution >= 0.6 is 22.6 Å². The van der Waals surface area contributed by atoms with Crippen LogP contribution in [-0.4, -0.2) is 133 Å². The molecule has 0 amide bonds. The molecule has 0 aromatic rings. The third-order valence-corrected chi connectivity index (χ3v) is 9.96. The SMILES string of the molecule is CCCCCCCC/C=C\CCCCCCCC(=O)OC[C@H](O)CO[C@@H]1O[C@H](CO[C@@H]2O[C@H](CO)[C@@H](I)[C@H](O)[C@H]2O)[C@@H](O)[C@H](O)[C@H]1O. The average Bonchev–Trinajstić information content (AvgIpc) is 3.06. The quantitative estimate of drug-likeness (QED) is 0.0246. The molecule has 276 valence electrons. The number of hydrogen-bond acceptors (Lipinski definition) is 13. The van der Waals surface area contributed by atoms with E-state index in [0.717, 1.165) is 38.5 Å². The van der Waals surface area contributed by atoms with E-state index in [1.54, 1.807) is 0 Å². The number of carbonyl (C=O) groups is 1. The van der Waals surface area contributed by atoms with Gasteiger partial charge < -0.3 is 59.4 Å². The summed E-state index contributed by atoms with van der Waals surface area (Å²) in [7, 11) is 0. The molecule has 2 saturated heterocycles. The standard InChI is InChI=1S/C33H59IO13/c1-2-3-4-5-6-7-8-9-10-11-12-13-14-15-16-17-25(37)43-19-22(36)20-44-33-31(42)29(40)27(38)24(47-33)21-45-32-30(41)28(39)26(34)23(18-35)46-32/h9-10,22-24,26-33,35-36,38-42H,2-8,11-21H2,1H3/b10-9-/t22-,23+,24+,26+,27+,28-,29-,30+,31+,32+,33+/m0/s1. The van der Waals surface area contributed by atoms with Gasteiger partial charge in [-0.1, -0.05) is 93.0 Å². The van der Waals surface area contributed by atoms with Gasteiger partial charge >= 0.3 is 5.97 Å². The largest absolute Gasteiger partial charge is 0.463 e. The van der Waals surface area contributed by atoms with Gasteiger partial charge in [-0.15, -0.1) is 0 Å². The molecule has 0 spiro atoms. The first-order valence-electron chi connectivity index (χ1n) is 17.3. The molecule has 47 heavy (non-hydrogen) atoms. The molecule has 0 unspecified atom stereocenters. The molecule has 2 fully saturated rings. The molecule has 0 saturated carbocycles. The van der Waals surface area contributed by atoms with Crippen molar-refractivity contribution in [2.45, 2.75) is 162 Å². The van der Waals surface area contributed by atoms with Gasteiger partial charge in [0.05, 0.1) is 36.0 Å². The minimum Gasteiger partial charge on any atom is -0.463 e. The van der Waals surface area contributed by atoms with Crippen LogP contribution in [0.4, 0.5) is 0 Å². The second kappa shape index (κ2) is 24.6. The molecule has 11 atom stereocenters. The fourth-order valence-electron chi connectivity index (χ4n) is 5.42. The Hall–Kier alpha value is -0.500. The molecule has 13 nitrogen and oxygen atoms in total. The summed E-state index contributed by atoms with van der Waals surface area (Å²) >= 11 is 1.85. The van der Waals surface area contributed by atoms with Crippen LogP contribution in [0.25, 0.3) is 0 Å². The molecule has 0 radical (unpaired) electrons. The highest BCUT2D eigenvalue weighted by molar-refractivity contribution is 14.1. The summed E-state index contributed by atoms with van der Waals surface area (Å²) in [6, 6.07) is 0. The first-order valence-corrected chi connectivity index (χ1v) is 18.5. The van der Waals surface area contributed by atoms with Crippen molar-refractivity contribution in [2.75, 3.05) is 26.4 Å². The van der Waals surface area contributed by atoms with Crippen LogP contribution in [0.3, 0.4) is 0 Å². The average molecular weight is 791 g/mol. The van der Waals surface area contributed by atoms with Gasteiger partial charge in [-0.3, -0.25) is 4.79 Å². The van der Waals surface area contributed by atoms with Gasteiger partial charge in [0.1, 0.15) is 43.2 Å². The zero-order valence-electron chi connectivity index (χ0n) is 27.7. The molecular weight excluding hydrogens is 731 g/mol. The Morgan fingerprint density at radius 1 is 0.723 bits per heavy atom. The smallest absolute Gasteiger partial charge is 0.305 e. The van der Waals surface area contributed by atoms with Crippen molar-refractivity contribution in [1.29, 1.82) is 0 Å². The van der Waals surface area contributed by atoms with E-state index in [9.17, 15) is 40.5 Å². The summed E-state index contributed by atoms with van der Waals surface area (Å²) in [6.45, 7) is 0.659. The summed E-state index contributed by atoms with van der Waals surface area (Å²) in [5.41, 5.74) is 0. The normalized spacial score (nSPS) is 32.1. The lowest BCUT2D eigenvalue weighted by molar-refractivity contribution is -0.323.